The van der Waals surface area contributed by atoms with E-state index < -0.39 is 5.41 Å². The predicted octanol–water partition coefficient (Wildman–Crippen LogP) is 1.40. The van der Waals surface area contributed by atoms with E-state index in [0.29, 0.717) is 0 Å². The molecule has 1 aromatic heterocycles. The minimum absolute atomic E-state index is 0.286. The lowest BCUT2D eigenvalue weighted by molar-refractivity contribution is -0.122. The summed E-state index contributed by atoms with van der Waals surface area (Å²) in [5.41, 5.74) is 8.06. The summed E-state index contributed by atoms with van der Waals surface area (Å²) < 4.78 is 2.07. The van der Waals surface area contributed by atoms with Gasteiger partial charge in [0.05, 0.1) is 5.41 Å². The maximum atomic E-state index is 11.3. The summed E-state index contributed by atoms with van der Waals surface area (Å²) in [5, 5.41) is 0. The molecular weight excluding hydrogens is 176 g/mol. The fourth-order valence-corrected chi connectivity index (χ4v) is 1.62. The van der Waals surface area contributed by atoms with Crippen molar-refractivity contribution >= 4 is 5.91 Å². The fourth-order valence-electron chi connectivity index (χ4n) is 1.62. The van der Waals surface area contributed by atoms with Crippen molar-refractivity contribution < 1.29 is 4.79 Å². The molecule has 1 heterocycles. The first-order valence-corrected chi connectivity index (χ1v) is 4.71. The van der Waals surface area contributed by atoms with Gasteiger partial charge in [-0.15, -0.1) is 0 Å². The Kier molecular flexibility index (Phi) is 2.44. The monoisotopic (exact) mass is 194 g/mol. The average molecular weight is 194 g/mol. The molecule has 0 saturated carbocycles. The normalized spacial score (nSPS) is 11.8. The van der Waals surface area contributed by atoms with Crippen LogP contribution in [0.15, 0.2) is 6.07 Å². The minimum Gasteiger partial charge on any atom is -0.369 e. The number of nitrogens with zero attached hydrogens (tertiary/aromatic N) is 1. The molecule has 0 fully saturated rings. The zero-order valence-electron chi connectivity index (χ0n) is 9.51. The topological polar surface area (TPSA) is 48.0 Å². The second-order valence-corrected chi connectivity index (χ2v) is 4.33. The molecule has 1 rings (SSSR count). The molecule has 0 unspecified atom stereocenters. The highest BCUT2D eigenvalue weighted by Gasteiger charge is 2.30. The number of aryl methyl sites for hydroxylation is 1. The van der Waals surface area contributed by atoms with Gasteiger partial charge in [0, 0.05) is 18.4 Å². The quantitative estimate of drug-likeness (QED) is 0.760. The molecular formula is C11H18N2O. The second-order valence-electron chi connectivity index (χ2n) is 4.33. The Morgan fingerprint density at radius 2 is 1.93 bits per heavy atom. The third kappa shape index (κ3) is 1.43. The Balaban J connectivity index is 3.33. The van der Waals surface area contributed by atoms with E-state index >= 15 is 0 Å². The number of carbonyl (C=O) groups excluding carboxylic acids is 1. The van der Waals surface area contributed by atoms with Crippen molar-refractivity contribution in [3.63, 3.8) is 0 Å². The number of rotatable bonds is 2. The Bertz CT molecular complexity index is 375. The fraction of sp³-hybridized carbons (Fsp3) is 0.545. The molecule has 0 atom stereocenters. The molecule has 14 heavy (non-hydrogen) atoms. The van der Waals surface area contributed by atoms with Gasteiger partial charge in [0.15, 0.2) is 0 Å². The van der Waals surface area contributed by atoms with Gasteiger partial charge in [0.2, 0.25) is 5.91 Å². The van der Waals surface area contributed by atoms with Crippen LogP contribution in [-0.4, -0.2) is 10.5 Å². The van der Waals surface area contributed by atoms with Gasteiger partial charge >= 0.3 is 0 Å². The number of amides is 1. The van der Waals surface area contributed by atoms with Gasteiger partial charge in [-0.25, -0.2) is 0 Å². The highest BCUT2D eigenvalue weighted by atomic mass is 16.1. The van der Waals surface area contributed by atoms with Crippen molar-refractivity contribution in [3.05, 3.63) is 23.0 Å². The van der Waals surface area contributed by atoms with Crippen LogP contribution in [0.3, 0.4) is 0 Å². The number of aromatic nitrogens is 1. The standard InChI is InChI=1S/C11H18N2O/c1-7-6-9(8(2)13(7)5)11(3,4)10(12)14/h6H,1-5H3,(H2,12,14). The summed E-state index contributed by atoms with van der Waals surface area (Å²) in [4.78, 5) is 11.3. The van der Waals surface area contributed by atoms with Crippen LogP contribution in [0, 0.1) is 13.8 Å². The Labute approximate surface area is 84.9 Å². The van der Waals surface area contributed by atoms with Crippen molar-refractivity contribution in [2.24, 2.45) is 12.8 Å². The predicted molar refractivity (Wildman–Crippen MR) is 57.1 cm³/mol. The molecule has 3 nitrogen and oxygen atoms in total. The molecule has 0 saturated heterocycles. The van der Waals surface area contributed by atoms with Crippen LogP contribution < -0.4 is 5.73 Å². The Morgan fingerprint density at radius 3 is 2.21 bits per heavy atom. The molecule has 3 heteroatoms. The Morgan fingerprint density at radius 1 is 1.43 bits per heavy atom. The van der Waals surface area contributed by atoms with Gasteiger partial charge in [0.25, 0.3) is 0 Å². The molecule has 0 spiro atoms. The summed E-state index contributed by atoms with van der Waals surface area (Å²) in [6.07, 6.45) is 0. The van der Waals surface area contributed by atoms with Crippen molar-refractivity contribution in [1.82, 2.24) is 4.57 Å². The molecule has 0 aliphatic heterocycles. The molecule has 0 bridgehead atoms. The number of nitrogens with two attached hydrogens (primary N) is 1. The Hall–Kier alpha value is -1.25. The van der Waals surface area contributed by atoms with E-state index in [1.807, 2.05) is 40.8 Å². The van der Waals surface area contributed by atoms with Crippen LogP contribution in [0.4, 0.5) is 0 Å². The maximum Gasteiger partial charge on any atom is 0.227 e. The second kappa shape index (κ2) is 3.15. The van der Waals surface area contributed by atoms with Gasteiger partial charge in [-0.1, -0.05) is 0 Å². The molecule has 1 amide bonds. The first kappa shape index (κ1) is 10.8. The van der Waals surface area contributed by atoms with Crippen molar-refractivity contribution in [1.29, 1.82) is 0 Å². The summed E-state index contributed by atoms with van der Waals surface area (Å²) in [5.74, 6) is -0.286. The van der Waals surface area contributed by atoms with Crippen molar-refractivity contribution in [2.75, 3.05) is 0 Å². The minimum atomic E-state index is -0.587. The lowest BCUT2D eigenvalue weighted by Crippen LogP contribution is -2.35. The molecule has 0 aromatic carbocycles. The van der Waals surface area contributed by atoms with E-state index in [2.05, 4.69) is 4.57 Å². The third-order valence-electron chi connectivity index (χ3n) is 3.06. The summed E-state index contributed by atoms with van der Waals surface area (Å²) in [7, 11) is 1.99. The van der Waals surface area contributed by atoms with E-state index in [9.17, 15) is 4.79 Å². The van der Waals surface area contributed by atoms with Crippen LogP contribution in [-0.2, 0) is 17.3 Å². The highest BCUT2D eigenvalue weighted by Crippen LogP contribution is 2.27. The summed E-state index contributed by atoms with van der Waals surface area (Å²) in [6.45, 7) is 7.74. The molecule has 0 aliphatic rings. The van der Waals surface area contributed by atoms with Crippen LogP contribution in [0.5, 0.6) is 0 Å². The van der Waals surface area contributed by atoms with E-state index in [-0.39, 0.29) is 5.91 Å². The highest BCUT2D eigenvalue weighted by molar-refractivity contribution is 5.86. The van der Waals surface area contributed by atoms with E-state index in [0.717, 1.165) is 17.0 Å². The smallest absolute Gasteiger partial charge is 0.227 e. The van der Waals surface area contributed by atoms with Gasteiger partial charge in [-0.2, -0.15) is 0 Å². The van der Waals surface area contributed by atoms with E-state index in [1.54, 1.807) is 0 Å². The number of carbonyl (C=O) groups is 1. The summed E-state index contributed by atoms with van der Waals surface area (Å²) in [6, 6.07) is 2.03. The van der Waals surface area contributed by atoms with Crippen LogP contribution in [0.1, 0.15) is 30.8 Å². The van der Waals surface area contributed by atoms with E-state index in [4.69, 9.17) is 5.73 Å². The number of hydrogen-bond acceptors (Lipinski definition) is 1. The zero-order valence-corrected chi connectivity index (χ0v) is 9.51. The van der Waals surface area contributed by atoms with Crippen molar-refractivity contribution in [2.45, 2.75) is 33.1 Å². The lowest BCUT2D eigenvalue weighted by atomic mass is 9.84. The molecule has 1 aromatic rings. The van der Waals surface area contributed by atoms with E-state index in [1.165, 1.54) is 0 Å². The number of primary amides is 1. The number of hydrogen-bond donors (Lipinski definition) is 1. The molecule has 0 aliphatic carbocycles. The zero-order chi connectivity index (χ0) is 11.1. The average Bonchev–Trinajstić information content (AvgIpc) is 2.33. The largest absolute Gasteiger partial charge is 0.369 e. The molecule has 78 valence electrons. The van der Waals surface area contributed by atoms with Crippen LogP contribution in [0.2, 0.25) is 0 Å². The maximum absolute atomic E-state index is 11.3. The molecule has 2 N–H and O–H groups in total. The summed E-state index contributed by atoms with van der Waals surface area (Å²) >= 11 is 0. The molecule has 0 radical (unpaired) electrons. The van der Waals surface area contributed by atoms with Crippen molar-refractivity contribution in [3.8, 4) is 0 Å². The SMILES string of the molecule is Cc1cc(C(C)(C)C(N)=O)c(C)n1C. The van der Waals surface area contributed by atoms with Gasteiger partial charge < -0.3 is 10.3 Å². The van der Waals surface area contributed by atoms with Gasteiger partial charge in [-0.05, 0) is 39.3 Å². The van der Waals surface area contributed by atoms with Crippen LogP contribution >= 0.6 is 0 Å². The lowest BCUT2D eigenvalue weighted by Gasteiger charge is -2.20. The van der Waals surface area contributed by atoms with Crippen LogP contribution in [0.25, 0.3) is 0 Å². The first-order chi connectivity index (χ1) is 6.28. The first-order valence-electron chi connectivity index (χ1n) is 4.71. The van der Waals surface area contributed by atoms with Gasteiger partial charge in [-0.3, -0.25) is 4.79 Å². The third-order valence-corrected chi connectivity index (χ3v) is 3.06. The van der Waals surface area contributed by atoms with Gasteiger partial charge in [0.1, 0.15) is 0 Å².